The van der Waals surface area contributed by atoms with Crippen molar-refractivity contribution < 1.29 is 9.90 Å². The molecule has 2 aromatic rings. The van der Waals surface area contributed by atoms with Gasteiger partial charge in [-0.25, -0.2) is 0 Å². The number of aryl methyl sites for hydroxylation is 1. The fraction of sp³-hybridized carbons (Fsp3) is 0.308. The molecule has 3 rings (SSSR count). The molecule has 0 bridgehead atoms. The number of rotatable bonds is 1. The number of benzene rings is 1. The molecule has 0 radical (unpaired) electrons. The largest absolute Gasteiger partial charge is 0.481 e. The van der Waals surface area contributed by atoms with Gasteiger partial charge in [-0.2, -0.15) is 0 Å². The zero-order valence-electron chi connectivity index (χ0n) is 9.16. The molecule has 3 nitrogen and oxygen atoms in total. The highest BCUT2D eigenvalue weighted by molar-refractivity contribution is 6.31. The van der Waals surface area contributed by atoms with Crippen LogP contribution < -0.4 is 0 Å². The van der Waals surface area contributed by atoms with Crippen molar-refractivity contribution >= 4 is 28.5 Å². The van der Waals surface area contributed by atoms with E-state index in [0.29, 0.717) is 17.9 Å². The highest BCUT2D eigenvalue weighted by atomic mass is 35.5. The van der Waals surface area contributed by atoms with Gasteiger partial charge in [-0.1, -0.05) is 17.7 Å². The molecule has 2 N–H and O–H groups in total. The molecule has 0 fully saturated rings. The third-order valence-electron chi connectivity index (χ3n) is 3.50. The Kier molecular flexibility index (Phi) is 2.37. The molecule has 1 aromatic heterocycles. The lowest BCUT2D eigenvalue weighted by atomic mass is 9.86. The second-order valence-corrected chi connectivity index (χ2v) is 4.99. The fourth-order valence-electron chi connectivity index (χ4n) is 2.61. The maximum atomic E-state index is 11.0. The molecule has 4 heteroatoms. The van der Waals surface area contributed by atoms with Gasteiger partial charge in [-0.15, -0.1) is 0 Å². The van der Waals surface area contributed by atoms with E-state index in [9.17, 15) is 4.79 Å². The monoisotopic (exact) mass is 249 g/mol. The quantitative estimate of drug-likeness (QED) is 0.816. The van der Waals surface area contributed by atoms with E-state index in [0.717, 1.165) is 22.9 Å². The Morgan fingerprint density at radius 1 is 1.47 bits per heavy atom. The summed E-state index contributed by atoms with van der Waals surface area (Å²) in [5.74, 6) is -0.948. The van der Waals surface area contributed by atoms with E-state index in [1.54, 1.807) is 0 Å². The van der Waals surface area contributed by atoms with Crippen LogP contribution in [0, 0.1) is 5.92 Å². The first-order chi connectivity index (χ1) is 8.15. The van der Waals surface area contributed by atoms with Crippen LogP contribution in [0.15, 0.2) is 18.2 Å². The third kappa shape index (κ3) is 1.71. The number of carboxylic acids is 1. The average molecular weight is 250 g/mol. The maximum Gasteiger partial charge on any atom is 0.306 e. The molecule has 1 heterocycles. The van der Waals surface area contributed by atoms with Crippen LogP contribution in [0.1, 0.15) is 17.7 Å². The van der Waals surface area contributed by atoms with Crippen LogP contribution >= 0.6 is 11.6 Å². The highest BCUT2D eigenvalue weighted by Crippen LogP contribution is 2.32. The zero-order chi connectivity index (χ0) is 12.0. The van der Waals surface area contributed by atoms with Gasteiger partial charge in [0.25, 0.3) is 0 Å². The van der Waals surface area contributed by atoms with Gasteiger partial charge >= 0.3 is 5.97 Å². The average Bonchev–Trinajstić information content (AvgIpc) is 2.64. The molecule has 0 aliphatic heterocycles. The predicted octanol–water partition coefficient (Wildman–Crippen LogP) is 3.01. The van der Waals surface area contributed by atoms with Gasteiger partial charge in [-0.3, -0.25) is 4.79 Å². The van der Waals surface area contributed by atoms with Crippen LogP contribution in [0.5, 0.6) is 0 Å². The van der Waals surface area contributed by atoms with E-state index in [-0.39, 0.29) is 5.92 Å². The molecule has 0 amide bonds. The molecule has 1 atom stereocenters. The minimum Gasteiger partial charge on any atom is -0.481 e. The van der Waals surface area contributed by atoms with Gasteiger partial charge in [-0.05, 0) is 37.0 Å². The number of aliphatic carboxylic acids is 1. The van der Waals surface area contributed by atoms with Crippen molar-refractivity contribution in [2.45, 2.75) is 19.3 Å². The summed E-state index contributed by atoms with van der Waals surface area (Å²) in [7, 11) is 0. The van der Waals surface area contributed by atoms with Crippen LogP contribution in [-0.2, 0) is 17.6 Å². The first-order valence-corrected chi connectivity index (χ1v) is 6.04. The van der Waals surface area contributed by atoms with Crippen LogP contribution in [-0.4, -0.2) is 16.1 Å². The molecule has 0 spiro atoms. The minimum absolute atomic E-state index is 0.253. The van der Waals surface area contributed by atoms with E-state index < -0.39 is 5.97 Å². The lowest BCUT2D eigenvalue weighted by Gasteiger charge is -2.18. The summed E-state index contributed by atoms with van der Waals surface area (Å²) < 4.78 is 0. The summed E-state index contributed by atoms with van der Waals surface area (Å²) in [6.07, 6.45) is 2.13. The topological polar surface area (TPSA) is 53.1 Å². The predicted molar refractivity (Wildman–Crippen MR) is 66.5 cm³/mol. The number of H-pyrrole nitrogens is 1. The van der Waals surface area contributed by atoms with Gasteiger partial charge in [0.2, 0.25) is 0 Å². The summed E-state index contributed by atoms with van der Waals surface area (Å²) >= 11 is 5.95. The number of hydrogen-bond donors (Lipinski definition) is 2. The summed E-state index contributed by atoms with van der Waals surface area (Å²) in [5, 5.41) is 10.9. The van der Waals surface area contributed by atoms with Gasteiger partial charge in [0.1, 0.15) is 0 Å². The van der Waals surface area contributed by atoms with Crippen molar-refractivity contribution in [2.75, 3.05) is 0 Å². The molecule has 1 unspecified atom stereocenters. The number of fused-ring (bicyclic) bond motifs is 3. The molecule has 1 aliphatic rings. The first kappa shape index (κ1) is 10.7. The van der Waals surface area contributed by atoms with Crippen LogP contribution in [0.4, 0.5) is 0 Å². The normalized spacial score (nSPS) is 19.2. The highest BCUT2D eigenvalue weighted by Gasteiger charge is 2.26. The van der Waals surface area contributed by atoms with E-state index >= 15 is 0 Å². The van der Waals surface area contributed by atoms with Crippen molar-refractivity contribution in [3.63, 3.8) is 0 Å². The standard InChI is InChI=1S/C13H12ClNO2/c14-8-2-3-9-10-5-7(13(16)17)1-4-11(10)15-12(9)6-8/h2-3,6-7,15H,1,4-5H2,(H,16,17). The number of nitrogens with one attached hydrogen (secondary N) is 1. The third-order valence-corrected chi connectivity index (χ3v) is 3.73. The molecule has 17 heavy (non-hydrogen) atoms. The Morgan fingerprint density at radius 3 is 3.06 bits per heavy atom. The molecular formula is C13H12ClNO2. The Bertz CT molecular complexity index is 603. The second-order valence-electron chi connectivity index (χ2n) is 4.55. The SMILES string of the molecule is O=C(O)C1CCc2[nH]c3cc(Cl)ccc3c2C1. The number of halogens is 1. The maximum absolute atomic E-state index is 11.0. The van der Waals surface area contributed by atoms with E-state index in [1.807, 2.05) is 18.2 Å². The lowest BCUT2D eigenvalue weighted by Crippen LogP contribution is -2.21. The van der Waals surface area contributed by atoms with Gasteiger partial charge < -0.3 is 10.1 Å². The van der Waals surface area contributed by atoms with Gasteiger partial charge in [0, 0.05) is 21.6 Å². The van der Waals surface area contributed by atoms with Crippen LogP contribution in [0.3, 0.4) is 0 Å². The minimum atomic E-state index is -0.695. The molecule has 1 aromatic carbocycles. The molecule has 88 valence electrons. The van der Waals surface area contributed by atoms with Crippen LogP contribution in [0.25, 0.3) is 10.9 Å². The fourth-order valence-corrected chi connectivity index (χ4v) is 2.78. The van der Waals surface area contributed by atoms with Gasteiger partial charge in [0.05, 0.1) is 5.92 Å². The Morgan fingerprint density at radius 2 is 2.29 bits per heavy atom. The number of aromatic nitrogens is 1. The molecular weight excluding hydrogens is 238 g/mol. The zero-order valence-corrected chi connectivity index (χ0v) is 9.92. The van der Waals surface area contributed by atoms with Gasteiger partial charge in [0.15, 0.2) is 0 Å². The summed E-state index contributed by atoms with van der Waals surface area (Å²) in [4.78, 5) is 14.4. The van der Waals surface area contributed by atoms with E-state index in [4.69, 9.17) is 16.7 Å². The molecule has 0 saturated heterocycles. The Balaban J connectivity index is 2.12. The Labute approximate surface area is 103 Å². The smallest absolute Gasteiger partial charge is 0.306 e. The summed E-state index contributed by atoms with van der Waals surface area (Å²) in [6.45, 7) is 0. The van der Waals surface area contributed by atoms with Crippen molar-refractivity contribution in [3.8, 4) is 0 Å². The van der Waals surface area contributed by atoms with Crippen molar-refractivity contribution in [3.05, 3.63) is 34.5 Å². The van der Waals surface area contributed by atoms with Crippen molar-refractivity contribution in [2.24, 2.45) is 5.92 Å². The second kappa shape index (κ2) is 3.77. The molecule has 1 aliphatic carbocycles. The lowest BCUT2D eigenvalue weighted by molar-refractivity contribution is -0.142. The van der Waals surface area contributed by atoms with Crippen LogP contribution in [0.2, 0.25) is 5.02 Å². The number of aromatic amines is 1. The number of hydrogen-bond acceptors (Lipinski definition) is 1. The van der Waals surface area contributed by atoms with Crippen molar-refractivity contribution in [1.29, 1.82) is 0 Å². The first-order valence-electron chi connectivity index (χ1n) is 5.67. The number of carboxylic acid groups (broad SMARTS) is 1. The Hall–Kier alpha value is -1.48. The van der Waals surface area contributed by atoms with E-state index in [2.05, 4.69) is 4.98 Å². The van der Waals surface area contributed by atoms with Crippen molar-refractivity contribution in [1.82, 2.24) is 4.98 Å². The number of carbonyl (C=O) groups is 1. The molecule has 0 saturated carbocycles. The summed E-state index contributed by atoms with van der Waals surface area (Å²) in [6, 6.07) is 5.71. The summed E-state index contributed by atoms with van der Waals surface area (Å²) in [5.41, 5.74) is 3.32. The van der Waals surface area contributed by atoms with E-state index in [1.165, 1.54) is 5.69 Å².